The maximum atomic E-state index is 12.8. The molecular formula is C24H31N5O. The molecule has 0 N–H and O–H groups in total. The molecule has 0 aliphatic carbocycles. The second kappa shape index (κ2) is 8.61. The lowest BCUT2D eigenvalue weighted by atomic mass is 10.0. The molecule has 2 aliphatic heterocycles. The van der Waals surface area contributed by atoms with E-state index in [4.69, 9.17) is 0 Å². The number of carbonyl (C=O) groups excluding carboxylic acids is 1. The van der Waals surface area contributed by atoms with Crippen molar-refractivity contribution in [3.05, 3.63) is 36.2 Å². The lowest BCUT2D eigenvalue weighted by molar-refractivity contribution is -0.132. The van der Waals surface area contributed by atoms with Gasteiger partial charge in [0, 0.05) is 61.1 Å². The fraction of sp³-hybridized carbons (Fsp3) is 0.542. The van der Waals surface area contributed by atoms with E-state index in [9.17, 15) is 10.1 Å². The second-order valence-electron chi connectivity index (χ2n) is 8.92. The van der Waals surface area contributed by atoms with Gasteiger partial charge < -0.3 is 9.80 Å². The normalized spacial score (nSPS) is 22.9. The molecule has 30 heavy (non-hydrogen) atoms. The number of carbonyl (C=O) groups is 1. The average Bonchev–Trinajstić information content (AvgIpc) is 3.15. The number of rotatable bonds is 4. The van der Waals surface area contributed by atoms with Crippen LogP contribution in [-0.2, 0) is 4.79 Å². The predicted octanol–water partition coefficient (Wildman–Crippen LogP) is 3.20. The van der Waals surface area contributed by atoms with Gasteiger partial charge in [-0.2, -0.15) is 5.26 Å². The molecule has 2 fully saturated rings. The van der Waals surface area contributed by atoms with Crippen LogP contribution in [0.25, 0.3) is 10.8 Å². The number of amides is 1. The molecular weight excluding hydrogens is 374 g/mol. The summed E-state index contributed by atoms with van der Waals surface area (Å²) < 4.78 is 0. The number of fused-ring (bicyclic) bond motifs is 1. The Kier molecular flexibility index (Phi) is 5.92. The van der Waals surface area contributed by atoms with Crippen molar-refractivity contribution in [2.75, 3.05) is 38.1 Å². The lowest BCUT2D eigenvalue weighted by Crippen LogP contribution is -2.48. The fourth-order valence-electron chi connectivity index (χ4n) is 5.03. The topological polar surface area (TPSA) is 63.5 Å². The van der Waals surface area contributed by atoms with E-state index in [0.717, 1.165) is 38.0 Å². The number of aromatic nitrogens is 1. The average molecular weight is 406 g/mol. The first-order chi connectivity index (χ1) is 14.5. The van der Waals surface area contributed by atoms with Crippen molar-refractivity contribution in [1.82, 2.24) is 14.8 Å². The smallest absolute Gasteiger partial charge is 0.237 e. The number of nitrogens with zero attached hydrogens (tertiary/aromatic N) is 5. The Morgan fingerprint density at radius 1 is 1.27 bits per heavy atom. The molecule has 6 heteroatoms. The molecule has 0 bridgehead atoms. The van der Waals surface area contributed by atoms with Crippen LogP contribution in [0.5, 0.6) is 0 Å². The van der Waals surface area contributed by atoms with Crippen molar-refractivity contribution in [2.45, 2.75) is 45.2 Å². The maximum absolute atomic E-state index is 12.8. The van der Waals surface area contributed by atoms with Gasteiger partial charge >= 0.3 is 0 Å². The zero-order valence-electron chi connectivity index (χ0n) is 18.2. The first-order valence-electron chi connectivity index (χ1n) is 11.0. The Bertz CT molecular complexity index is 960. The largest absolute Gasteiger partial charge is 0.371 e. The monoisotopic (exact) mass is 405 g/mol. The SMILES string of the molecule is Cc1nccc2c(N(C)C3CCN(CC(=O)N4CC(C)CC4C#N)CC3)cccc12. The van der Waals surface area contributed by atoms with Crippen molar-refractivity contribution >= 4 is 22.4 Å². The summed E-state index contributed by atoms with van der Waals surface area (Å²) in [4.78, 5) is 23.6. The highest BCUT2D eigenvalue weighted by molar-refractivity contribution is 5.95. The third-order valence-corrected chi connectivity index (χ3v) is 6.81. The highest BCUT2D eigenvalue weighted by atomic mass is 16.2. The van der Waals surface area contributed by atoms with Crippen LogP contribution in [0.4, 0.5) is 5.69 Å². The number of piperidine rings is 1. The summed E-state index contributed by atoms with van der Waals surface area (Å²) in [7, 11) is 2.18. The summed E-state index contributed by atoms with van der Waals surface area (Å²) in [5, 5.41) is 11.8. The van der Waals surface area contributed by atoms with Gasteiger partial charge in [-0.25, -0.2) is 0 Å². The van der Waals surface area contributed by atoms with Crippen LogP contribution in [0.3, 0.4) is 0 Å². The maximum Gasteiger partial charge on any atom is 0.237 e. The van der Waals surface area contributed by atoms with Crippen LogP contribution in [0.15, 0.2) is 30.5 Å². The third kappa shape index (κ3) is 3.99. The minimum Gasteiger partial charge on any atom is -0.371 e. The number of hydrogen-bond acceptors (Lipinski definition) is 5. The highest BCUT2D eigenvalue weighted by Gasteiger charge is 2.34. The molecule has 2 aliphatic rings. The van der Waals surface area contributed by atoms with Gasteiger partial charge in [0.25, 0.3) is 0 Å². The molecule has 2 unspecified atom stereocenters. The molecule has 3 heterocycles. The molecule has 4 rings (SSSR count). The second-order valence-corrected chi connectivity index (χ2v) is 8.92. The summed E-state index contributed by atoms with van der Waals surface area (Å²) >= 11 is 0. The van der Waals surface area contributed by atoms with Crippen LogP contribution in [0.2, 0.25) is 0 Å². The number of benzene rings is 1. The third-order valence-electron chi connectivity index (χ3n) is 6.81. The van der Waals surface area contributed by atoms with Crippen molar-refractivity contribution in [3.63, 3.8) is 0 Å². The molecule has 2 saturated heterocycles. The van der Waals surface area contributed by atoms with Crippen molar-refractivity contribution in [3.8, 4) is 6.07 Å². The molecule has 1 amide bonds. The standard InChI is InChI=1S/C24H31N5O/c1-17-13-20(14-25)29(15-17)24(30)16-28-11-8-19(9-12-28)27(3)23-6-4-5-21-18(2)26-10-7-22(21)23/h4-7,10,17,19-20H,8-9,11-13,15-16H2,1-3H3. The van der Waals surface area contributed by atoms with Crippen molar-refractivity contribution in [2.24, 2.45) is 5.92 Å². The van der Waals surface area contributed by atoms with E-state index in [2.05, 4.69) is 66.0 Å². The highest BCUT2D eigenvalue weighted by Crippen LogP contribution is 2.30. The van der Waals surface area contributed by atoms with E-state index in [1.54, 1.807) is 4.90 Å². The lowest BCUT2D eigenvalue weighted by Gasteiger charge is -2.38. The molecule has 0 saturated carbocycles. The van der Waals surface area contributed by atoms with E-state index in [1.807, 2.05) is 6.20 Å². The number of nitriles is 1. The first-order valence-corrected chi connectivity index (χ1v) is 11.0. The van der Waals surface area contributed by atoms with Gasteiger partial charge in [-0.3, -0.25) is 14.7 Å². The van der Waals surface area contributed by atoms with Crippen LogP contribution >= 0.6 is 0 Å². The molecule has 158 valence electrons. The first kappa shape index (κ1) is 20.6. The fourth-order valence-corrected chi connectivity index (χ4v) is 5.03. The number of pyridine rings is 1. The van der Waals surface area contributed by atoms with Crippen molar-refractivity contribution in [1.29, 1.82) is 5.26 Å². The number of likely N-dealkylation sites (tertiary alicyclic amines) is 2. The van der Waals surface area contributed by atoms with Gasteiger partial charge in [0.15, 0.2) is 0 Å². The number of aryl methyl sites for hydroxylation is 1. The molecule has 1 aromatic heterocycles. The number of anilines is 1. The minimum absolute atomic E-state index is 0.106. The Labute approximate surface area is 179 Å². The van der Waals surface area contributed by atoms with E-state index < -0.39 is 0 Å². The van der Waals surface area contributed by atoms with E-state index in [-0.39, 0.29) is 11.9 Å². The van der Waals surface area contributed by atoms with Gasteiger partial charge in [-0.1, -0.05) is 19.1 Å². The summed E-state index contributed by atoms with van der Waals surface area (Å²) in [6, 6.07) is 11.0. The Hall–Kier alpha value is -2.65. The van der Waals surface area contributed by atoms with Gasteiger partial charge in [0.2, 0.25) is 5.91 Å². The summed E-state index contributed by atoms with van der Waals surface area (Å²) in [5.41, 5.74) is 2.30. The quantitative estimate of drug-likeness (QED) is 0.782. The number of hydrogen-bond donors (Lipinski definition) is 0. The van der Waals surface area contributed by atoms with Crippen LogP contribution in [-0.4, -0.2) is 66.0 Å². The van der Waals surface area contributed by atoms with Gasteiger partial charge in [0.05, 0.1) is 12.6 Å². The zero-order valence-corrected chi connectivity index (χ0v) is 18.2. The summed E-state index contributed by atoms with van der Waals surface area (Å²) in [5.74, 6) is 0.521. The van der Waals surface area contributed by atoms with Gasteiger partial charge in [0.1, 0.15) is 6.04 Å². The molecule has 1 aromatic carbocycles. The Balaban J connectivity index is 1.38. The predicted molar refractivity (Wildman–Crippen MR) is 119 cm³/mol. The van der Waals surface area contributed by atoms with Crippen molar-refractivity contribution < 1.29 is 4.79 Å². The molecule has 0 radical (unpaired) electrons. The van der Waals surface area contributed by atoms with Crippen LogP contribution in [0, 0.1) is 24.2 Å². The van der Waals surface area contributed by atoms with E-state index >= 15 is 0 Å². The van der Waals surface area contributed by atoms with Gasteiger partial charge in [-0.05, 0) is 44.2 Å². The zero-order chi connectivity index (χ0) is 21.3. The molecule has 6 nitrogen and oxygen atoms in total. The van der Waals surface area contributed by atoms with Crippen LogP contribution < -0.4 is 4.90 Å². The minimum atomic E-state index is -0.250. The van der Waals surface area contributed by atoms with Crippen LogP contribution in [0.1, 0.15) is 31.9 Å². The Morgan fingerprint density at radius 2 is 2.03 bits per heavy atom. The molecule has 0 spiro atoms. The van der Waals surface area contributed by atoms with E-state index in [1.165, 1.54) is 16.5 Å². The molecule has 2 aromatic rings. The molecule has 2 atom stereocenters. The van der Waals surface area contributed by atoms with Gasteiger partial charge in [-0.15, -0.1) is 0 Å². The van der Waals surface area contributed by atoms with E-state index in [0.29, 0.717) is 25.0 Å². The Morgan fingerprint density at radius 3 is 2.77 bits per heavy atom. The summed E-state index contributed by atoms with van der Waals surface area (Å²) in [6.45, 7) is 7.13. The summed E-state index contributed by atoms with van der Waals surface area (Å²) in [6.07, 6.45) is 4.75.